The van der Waals surface area contributed by atoms with E-state index in [-0.39, 0.29) is 5.91 Å². The quantitative estimate of drug-likeness (QED) is 0.910. The van der Waals surface area contributed by atoms with E-state index in [0.29, 0.717) is 15.8 Å². The Balaban J connectivity index is 1.73. The molecule has 21 heavy (non-hydrogen) atoms. The maximum Gasteiger partial charge on any atom is 0.263 e. The third kappa shape index (κ3) is 3.26. The van der Waals surface area contributed by atoms with E-state index in [2.05, 4.69) is 15.6 Å². The van der Waals surface area contributed by atoms with Gasteiger partial charge < -0.3 is 10.6 Å². The van der Waals surface area contributed by atoms with Gasteiger partial charge in [-0.2, -0.15) is 0 Å². The van der Waals surface area contributed by atoms with Gasteiger partial charge in [0.15, 0.2) is 0 Å². The lowest BCUT2D eigenvalue weighted by Crippen LogP contribution is -2.48. The van der Waals surface area contributed by atoms with Crippen molar-refractivity contribution in [3.05, 3.63) is 39.9 Å². The van der Waals surface area contributed by atoms with E-state index in [9.17, 15) is 4.79 Å². The number of carbonyl (C=O) groups excluding carboxylic acids is 1. The molecule has 0 unspecified atom stereocenters. The first-order valence-electron chi connectivity index (χ1n) is 6.86. The molecule has 6 heteroatoms. The highest BCUT2D eigenvalue weighted by molar-refractivity contribution is 7.17. The first kappa shape index (κ1) is 14.5. The Morgan fingerprint density at radius 2 is 2.14 bits per heavy atom. The molecule has 110 valence electrons. The fraction of sp³-hybridized carbons (Fsp3) is 0.333. The highest BCUT2D eigenvalue weighted by Gasteiger charge is 2.20. The van der Waals surface area contributed by atoms with Crippen molar-refractivity contribution in [1.82, 2.24) is 15.6 Å². The molecule has 1 saturated heterocycles. The van der Waals surface area contributed by atoms with Gasteiger partial charge in [-0.25, -0.2) is 4.98 Å². The maximum absolute atomic E-state index is 12.2. The van der Waals surface area contributed by atoms with Crippen molar-refractivity contribution in [1.29, 1.82) is 0 Å². The van der Waals surface area contributed by atoms with Crippen LogP contribution in [0.2, 0.25) is 5.02 Å². The Hall–Kier alpha value is -1.43. The summed E-state index contributed by atoms with van der Waals surface area (Å²) in [5.74, 6) is 0.523. The smallest absolute Gasteiger partial charge is 0.263 e. The summed E-state index contributed by atoms with van der Waals surface area (Å²) in [5.41, 5.74) is 1.75. The minimum Gasteiger partial charge on any atom is -0.351 e. The number of thiazole rings is 1. The van der Waals surface area contributed by atoms with Gasteiger partial charge in [0.05, 0.1) is 5.69 Å². The summed E-state index contributed by atoms with van der Waals surface area (Å²) in [6.45, 7) is 4.56. The van der Waals surface area contributed by atoms with E-state index < -0.39 is 0 Å². The summed E-state index contributed by atoms with van der Waals surface area (Å²) in [7, 11) is 0. The summed E-state index contributed by atoms with van der Waals surface area (Å²) in [6, 6.07) is 7.50. The summed E-state index contributed by atoms with van der Waals surface area (Å²) in [5, 5.41) is 7.72. The van der Waals surface area contributed by atoms with Gasteiger partial charge in [0.25, 0.3) is 5.91 Å². The van der Waals surface area contributed by atoms with Crippen LogP contribution in [0.25, 0.3) is 10.6 Å². The Kier molecular flexibility index (Phi) is 4.24. The number of rotatable bonds is 4. The molecule has 1 aliphatic heterocycles. The van der Waals surface area contributed by atoms with E-state index in [1.54, 1.807) is 0 Å². The lowest BCUT2D eigenvalue weighted by atomic mass is 10.0. The summed E-state index contributed by atoms with van der Waals surface area (Å²) in [4.78, 5) is 17.4. The molecule has 0 spiro atoms. The monoisotopic (exact) mass is 321 g/mol. The van der Waals surface area contributed by atoms with Gasteiger partial charge in [-0.15, -0.1) is 11.3 Å². The van der Waals surface area contributed by atoms with Crippen LogP contribution in [0.4, 0.5) is 0 Å². The van der Waals surface area contributed by atoms with E-state index in [1.165, 1.54) is 11.3 Å². The predicted octanol–water partition coefficient (Wildman–Crippen LogP) is 2.72. The van der Waals surface area contributed by atoms with Crippen LogP contribution < -0.4 is 10.6 Å². The van der Waals surface area contributed by atoms with Crippen molar-refractivity contribution >= 4 is 28.8 Å². The highest BCUT2D eigenvalue weighted by Crippen LogP contribution is 2.28. The molecule has 1 aromatic carbocycles. The molecule has 1 aromatic heterocycles. The van der Waals surface area contributed by atoms with Crippen LogP contribution in [0.5, 0.6) is 0 Å². The summed E-state index contributed by atoms with van der Waals surface area (Å²) in [6.07, 6.45) is 0. The first-order chi connectivity index (χ1) is 10.1. The van der Waals surface area contributed by atoms with Crippen LogP contribution in [-0.4, -0.2) is 30.5 Å². The van der Waals surface area contributed by atoms with Gasteiger partial charge in [0.1, 0.15) is 9.88 Å². The van der Waals surface area contributed by atoms with Gasteiger partial charge in [-0.05, 0) is 19.1 Å². The SMILES string of the molecule is Cc1nc(-c2ccc(Cl)cc2)sc1C(=O)NCC1CNC1. The molecular weight excluding hydrogens is 306 g/mol. The zero-order valence-electron chi connectivity index (χ0n) is 11.6. The van der Waals surface area contributed by atoms with Crippen molar-refractivity contribution in [2.45, 2.75) is 6.92 Å². The topological polar surface area (TPSA) is 54.0 Å². The van der Waals surface area contributed by atoms with Crippen molar-refractivity contribution in [3.8, 4) is 10.6 Å². The molecule has 0 aliphatic carbocycles. The Morgan fingerprint density at radius 1 is 1.43 bits per heavy atom. The van der Waals surface area contributed by atoms with Crippen molar-refractivity contribution < 1.29 is 4.79 Å². The number of aromatic nitrogens is 1. The molecule has 0 radical (unpaired) electrons. The molecule has 1 fully saturated rings. The van der Waals surface area contributed by atoms with Crippen LogP contribution in [0.1, 0.15) is 15.4 Å². The minimum atomic E-state index is -0.0305. The molecule has 0 atom stereocenters. The highest BCUT2D eigenvalue weighted by atomic mass is 35.5. The number of nitrogens with zero attached hydrogens (tertiary/aromatic N) is 1. The molecule has 2 aromatic rings. The lowest BCUT2D eigenvalue weighted by Gasteiger charge is -2.26. The number of benzene rings is 1. The zero-order valence-corrected chi connectivity index (χ0v) is 13.2. The second-order valence-electron chi connectivity index (χ2n) is 5.17. The second kappa shape index (κ2) is 6.13. The van der Waals surface area contributed by atoms with E-state index >= 15 is 0 Å². The molecule has 3 rings (SSSR count). The van der Waals surface area contributed by atoms with Crippen LogP contribution in [0, 0.1) is 12.8 Å². The fourth-order valence-electron chi connectivity index (χ4n) is 2.13. The van der Waals surface area contributed by atoms with Crippen LogP contribution >= 0.6 is 22.9 Å². The molecule has 2 heterocycles. The molecule has 1 aliphatic rings. The summed E-state index contributed by atoms with van der Waals surface area (Å²) < 4.78 is 0. The van der Waals surface area contributed by atoms with Gasteiger partial charge in [0.2, 0.25) is 0 Å². The standard InChI is InChI=1S/C15H16ClN3OS/c1-9-13(14(20)18-8-10-6-17-7-10)21-15(19-9)11-2-4-12(16)5-3-11/h2-5,10,17H,6-8H2,1H3,(H,18,20). The molecule has 1 amide bonds. The number of aryl methyl sites for hydroxylation is 1. The average Bonchev–Trinajstić information content (AvgIpc) is 2.80. The Morgan fingerprint density at radius 3 is 2.76 bits per heavy atom. The summed E-state index contributed by atoms with van der Waals surface area (Å²) >= 11 is 7.31. The Bertz CT molecular complexity index is 649. The number of halogens is 1. The van der Waals surface area contributed by atoms with Gasteiger partial charge >= 0.3 is 0 Å². The maximum atomic E-state index is 12.2. The molecule has 4 nitrogen and oxygen atoms in total. The van der Waals surface area contributed by atoms with E-state index in [1.807, 2.05) is 31.2 Å². The van der Waals surface area contributed by atoms with Gasteiger partial charge in [0, 0.05) is 36.1 Å². The van der Waals surface area contributed by atoms with Crippen molar-refractivity contribution in [2.75, 3.05) is 19.6 Å². The lowest BCUT2D eigenvalue weighted by molar-refractivity contribution is 0.0945. The van der Waals surface area contributed by atoms with Crippen molar-refractivity contribution in [2.24, 2.45) is 5.92 Å². The number of carbonyl (C=O) groups is 1. The van der Waals surface area contributed by atoms with Gasteiger partial charge in [-0.1, -0.05) is 23.7 Å². The van der Waals surface area contributed by atoms with Crippen LogP contribution in [0.3, 0.4) is 0 Å². The molecule has 2 N–H and O–H groups in total. The Labute approximate surface area is 132 Å². The van der Waals surface area contributed by atoms with Crippen molar-refractivity contribution in [3.63, 3.8) is 0 Å². The fourth-order valence-corrected chi connectivity index (χ4v) is 3.25. The van der Waals surface area contributed by atoms with Gasteiger partial charge in [-0.3, -0.25) is 4.79 Å². The van der Waals surface area contributed by atoms with Crippen LogP contribution in [-0.2, 0) is 0 Å². The number of amides is 1. The average molecular weight is 322 g/mol. The number of hydrogen-bond acceptors (Lipinski definition) is 4. The number of hydrogen-bond donors (Lipinski definition) is 2. The minimum absolute atomic E-state index is 0.0305. The molecule has 0 saturated carbocycles. The van der Waals surface area contributed by atoms with E-state index in [0.717, 1.165) is 35.9 Å². The largest absolute Gasteiger partial charge is 0.351 e. The first-order valence-corrected chi connectivity index (χ1v) is 8.05. The third-order valence-electron chi connectivity index (χ3n) is 3.51. The van der Waals surface area contributed by atoms with E-state index in [4.69, 9.17) is 11.6 Å². The number of nitrogens with one attached hydrogen (secondary N) is 2. The third-order valence-corrected chi connectivity index (χ3v) is 4.97. The predicted molar refractivity (Wildman–Crippen MR) is 86.0 cm³/mol. The molecular formula is C15H16ClN3OS. The molecule has 0 bridgehead atoms. The second-order valence-corrected chi connectivity index (χ2v) is 6.61. The normalized spacial score (nSPS) is 14.8. The zero-order chi connectivity index (χ0) is 14.8. The van der Waals surface area contributed by atoms with Crippen LogP contribution in [0.15, 0.2) is 24.3 Å².